The highest BCUT2D eigenvalue weighted by Crippen LogP contribution is 2.11. The predicted octanol–water partition coefficient (Wildman–Crippen LogP) is 2.02. The Morgan fingerprint density at radius 3 is 3.11 bits per heavy atom. The van der Waals surface area contributed by atoms with Gasteiger partial charge in [0.15, 0.2) is 0 Å². The molecule has 0 aliphatic rings. The molecule has 1 amide bonds. The van der Waals surface area contributed by atoms with Crippen molar-refractivity contribution in [3.05, 3.63) is 46.7 Å². The standard InChI is InChI=1S/C13H13FN2O2S/c14-10-2-1-3-12(6-10)18-5-4-15-13(17)7-11-8-19-9-16-11/h1-3,6,8-9H,4-5,7H2,(H,15,17). The summed E-state index contributed by atoms with van der Waals surface area (Å²) in [6.45, 7) is 0.672. The Balaban J connectivity index is 1.65. The maximum atomic E-state index is 12.9. The van der Waals surface area contributed by atoms with Crippen LogP contribution in [-0.2, 0) is 11.2 Å². The molecule has 1 aromatic heterocycles. The lowest BCUT2D eigenvalue weighted by molar-refractivity contribution is -0.120. The van der Waals surface area contributed by atoms with Gasteiger partial charge in [0, 0.05) is 11.4 Å². The molecule has 0 aliphatic heterocycles. The second kappa shape index (κ2) is 6.84. The number of ether oxygens (including phenoxy) is 1. The quantitative estimate of drug-likeness (QED) is 0.824. The number of rotatable bonds is 6. The van der Waals surface area contributed by atoms with E-state index in [-0.39, 0.29) is 18.1 Å². The molecule has 0 fully saturated rings. The second-order valence-electron chi connectivity index (χ2n) is 3.81. The van der Waals surface area contributed by atoms with Gasteiger partial charge in [-0.2, -0.15) is 0 Å². The molecule has 0 bridgehead atoms. The molecule has 2 rings (SSSR count). The van der Waals surface area contributed by atoms with E-state index in [0.29, 0.717) is 18.9 Å². The molecule has 0 atom stereocenters. The fourth-order valence-corrected chi connectivity index (χ4v) is 2.03. The van der Waals surface area contributed by atoms with Gasteiger partial charge in [0.05, 0.1) is 24.2 Å². The van der Waals surface area contributed by atoms with Gasteiger partial charge in [-0.15, -0.1) is 11.3 Å². The zero-order valence-electron chi connectivity index (χ0n) is 10.1. The molecule has 6 heteroatoms. The highest BCUT2D eigenvalue weighted by atomic mass is 32.1. The number of halogens is 1. The maximum absolute atomic E-state index is 12.9. The summed E-state index contributed by atoms with van der Waals surface area (Å²) in [7, 11) is 0. The van der Waals surface area contributed by atoms with Crippen LogP contribution in [0.15, 0.2) is 35.2 Å². The lowest BCUT2D eigenvalue weighted by atomic mass is 10.3. The van der Waals surface area contributed by atoms with Crippen LogP contribution in [0.5, 0.6) is 5.75 Å². The Morgan fingerprint density at radius 2 is 2.37 bits per heavy atom. The molecule has 1 N–H and O–H groups in total. The molecule has 2 aromatic rings. The third kappa shape index (κ3) is 4.67. The van der Waals surface area contributed by atoms with Crippen LogP contribution in [0.1, 0.15) is 5.69 Å². The summed E-state index contributed by atoms with van der Waals surface area (Å²) in [5.41, 5.74) is 2.45. The van der Waals surface area contributed by atoms with E-state index in [1.165, 1.54) is 23.5 Å². The molecular weight excluding hydrogens is 267 g/mol. The number of amides is 1. The topological polar surface area (TPSA) is 51.2 Å². The van der Waals surface area contributed by atoms with Gasteiger partial charge in [-0.3, -0.25) is 4.79 Å². The van der Waals surface area contributed by atoms with Gasteiger partial charge >= 0.3 is 0 Å². The SMILES string of the molecule is O=C(Cc1cscn1)NCCOc1cccc(F)c1. The molecule has 1 heterocycles. The van der Waals surface area contributed by atoms with Gasteiger partial charge in [0.1, 0.15) is 18.2 Å². The smallest absolute Gasteiger partial charge is 0.226 e. The van der Waals surface area contributed by atoms with Crippen LogP contribution in [0, 0.1) is 5.82 Å². The van der Waals surface area contributed by atoms with Crippen LogP contribution in [0.4, 0.5) is 4.39 Å². The van der Waals surface area contributed by atoms with Crippen molar-refractivity contribution in [2.75, 3.05) is 13.2 Å². The zero-order valence-corrected chi connectivity index (χ0v) is 11.0. The van der Waals surface area contributed by atoms with E-state index in [1.807, 2.05) is 5.38 Å². The predicted molar refractivity (Wildman–Crippen MR) is 70.7 cm³/mol. The van der Waals surface area contributed by atoms with Gasteiger partial charge in [0.25, 0.3) is 0 Å². The molecule has 0 radical (unpaired) electrons. The summed E-state index contributed by atoms with van der Waals surface area (Å²) >= 11 is 1.46. The van der Waals surface area contributed by atoms with Crippen molar-refractivity contribution in [1.29, 1.82) is 0 Å². The number of nitrogens with zero attached hydrogens (tertiary/aromatic N) is 1. The molecule has 1 aromatic carbocycles. The first-order valence-electron chi connectivity index (χ1n) is 5.76. The number of carbonyl (C=O) groups is 1. The van der Waals surface area contributed by atoms with E-state index in [2.05, 4.69) is 10.3 Å². The molecular formula is C13H13FN2O2S. The molecule has 0 unspecified atom stereocenters. The number of hydrogen-bond donors (Lipinski definition) is 1. The average molecular weight is 280 g/mol. The summed E-state index contributed by atoms with van der Waals surface area (Å²) in [4.78, 5) is 15.5. The highest BCUT2D eigenvalue weighted by Gasteiger charge is 2.04. The van der Waals surface area contributed by atoms with E-state index in [4.69, 9.17) is 4.74 Å². The fourth-order valence-electron chi connectivity index (χ4n) is 1.47. The maximum Gasteiger partial charge on any atom is 0.226 e. The molecule has 0 saturated carbocycles. The van der Waals surface area contributed by atoms with Crippen molar-refractivity contribution in [1.82, 2.24) is 10.3 Å². The fraction of sp³-hybridized carbons (Fsp3) is 0.231. The van der Waals surface area contributed by atoms with Crippen molar-refractivity contribution in [3.63, 3.8) is 0 Å². The Labute approximate surface area is 114 Å². The van der Waals surface area contributed by atoms with Crippen molar-refractivity contribution in [3.8, 4) is 5.75 Å². The number of carbonyl (C=O) groups excluding carboxylic acids is 1. The van der Waals surface area contributed by atoms with Crippen LogP contribution in [0.3, 0.4) is 0 Å². The molecule has 0 saturated heterocycles. The Hall–Kier alpha value is -1.95. The van der Waals surface area contributed by atoms with Gasteiger partial charge < -0.3 is 10.1 Å². The summed E-state index contributed by atoms with van der Waals surface area (Å²) in [5.74, 6) is 0.00700. The average Bonchev–Trinajstić information content (AvgIpc) is 2.87. The van der Waals surface area contributed by atoms with Gasteiger partial charge in [0.2, 0.25) is 5.91 Å². The summed E-state index contributed by atoms with van der Waals surface area (Å²) in [6, 6.07) is 5.89. The van der Waals surface area contributed by atoms with E-state index in [9.17, 15) is 9.18 Å². The molecule has 0 aliphatic carbocycles. The third-order valence-corrected chi connectivity index (χ3v) is 2.95. The molecule has 4 nitrogen and oxygen atoms in total. The van der Waals surface area contributed by atoms with E-state index in [0.717, 1.165) is 5.69 Å². The van der Waals surface area contributed by atoms with Crippen LogP contribution in [0.25, 0.3) is 0 Å². The van der Waals surface area contributed by atoms with Crippen LogP contribution in [0.2, 0.25) is 0 Å². The lowest BCUT2D eigenvalue weighted by Crippen LogP contribution is -2.29. The number of benzene rings is 1. The Morgan fingerprint density at radius 1 is 1.47 bits per heavy atom. The van der Waals surface area contributed by atoms with Crippen molar-refractivity contribution >= 4 is 17.2 Å². The third-order valence-electron chi connectivity index (χ3n) is 2.31. The van der Waals surface area contributed by atoms with Gasteiger partial charge in [-0.1, -0.05) is 6.07 Å². The number of nitrogens with one attached hydrogen (secondary N) is 1. The Bertz CT molecular complexity index is 531. The Kier molecular flexibility index (Phi) is 4.85. The van der Waals surface area contributed by atoms with Crippen LogP contribution in [-0.4, -0.2) is 24.0 Å². The summed E-state index contributed by atoms with van der Waals surface area (Å²) < 4.78 is 18.2. The minimum absolute atomic E-state index is 0.103. The van der Waals surface area contributed by atoms with Crippen molar-refractivity contribution < 1.29 is 13.9 Å². The van der Waals surface area contributed by atoms with Crippen LogP contribution >= 0.6 is 11.3 Å². The van der Waals surface area contributed by atoms with Crippen molar-refractivity contribution in [2.45, 2.75) is 6.42 Å². The lowest BCUT2D eigenvalue weighted by Gasteiger charge is -2.07. The van der Waals surface area contributed by atoms with Crippen molar-refractivity contribution in [2.24, 2.45) is 0 Å². The van der Waals surface area contributed by atoms with Gasteiger partial charge in [-0.05, 0) is 12.1 Å². The first kappa shape index (κ1) is 13.5. The largest absolute Gasteiger partial charge is 0.492 e. The number of hydrogen-bond acceptors (Lipinski definition) is 4. The number of aromatic nitrogens is 1. The molecule has 100 valence electrons. The molecule has 19 heavy (non-hydrogen) atoms. The zero-order chi connectivity index (χ0) is 13.5. The summed E-state index contributed by atoms with van der Waals surface area (Å²) in [6.07, 6.45) is 0.267. The number of thiazole rings is 1. The van der Waals surface area contributed by atoms with E-state index < -0.39 is 0 Å². The second-order valence-corrected chi connectivity index (χ2v) is 4.53. The minimum Gasteiger partial charge on any atom is -0.492 e. The van der Waals surface area contributed by atoms with Gasteiger partial charge in [-0.25, -0.2) is 9.37 Å². The van der Waals surface area contributed by atoms with E-state index >= 15 is 0 Å². The normalized spacial score (nSPS) is 10.2. The summed E-state index contributed by atoms with van der Waals surface area (Å²) in [5, 5.41) is 4.55. The first-order chi connectivity index (χ1) is 9.24. The molecule has 0 spiro atoms. The minimum atomic E-state index is -0.343. The highest BCUT2D eigenvalue weighted by molar-refractivity contribution is 7.07. The first-order valence-corrected chi connectivity index (χ1v) is 6.70. The van der Waals surface area contributed by atoms with E-state index in [1.54, 1.807) is 17.6 Å². The monoisotopic (exact) mass is 280 g/mol. The van der Waals surface area contributed by atoms with Crippen LogP contribution < -0.4 is 10.1 Å².